The van der Waals surface area contributed by atoms with E-state index in [0.717, 1.165) is 30.3 Å². The van der Waals surface area contributed by atoms with Gasteiger partial charge in [-0.15, -0.1) is 0 Å². The SMILES string of the molecule is CCN(C(=O)n1cnn(-c2ccccc2)c1=O)C1CCCCC1. The van der Waals surface area contributed by atoms with Crippen molar-refractivity contribution in [1.82, 2.24) is 19.2 Å². The lowest BCUT2D eigenvalue weighted by Crippen LogP contribution is -2.46. The first-order chi connectivity index (χ1) is 11.2. The van der Waals surface area contributed by atoms with Crippen molar-refractivity contribution in [1.29, 1.82) is 0 Å². The van der Waals surface area contributed by atoms with Crippen LogP contribution >= 0.6 is 0 Å². The van der Waals surface area contributed by atoms with E-state index in [-0.39, 0.29) is 12.1 Å². The van der Waals surface area contributed by atoms with E-state index in [1.807, 2.05) is 25.1 Å². The van der Waals surface area contributed by atoms with Gasteiger partial charge in [0.2, 0.25) is 0 Å². The number of nitrogens with zero attached hydrogens (tertiary/aromatic N) is 4. The summed E-state index contributed by atoms with van der Waals surface area (Å²) in [5.74, 6) is 0. The van der Waals surface area contributed by atoms with Crippen molar-refractivity contribution in [3.63, 3.8) is 0 Å². The molecule has 0 spiro atoms. The molecule has 0 saturated heterocycles. The molecule has 3 rings (SSSR count). The molecule has 122 valence electrons. The van der Waals surface area contributed by atoms with Crippen LogP contribution in [0.4, 0.5) is 4.79 Å². The molecule has 6 nitrogen and oxygen atoms in total. The number of aromatic nitrogens is 3. The Morgan fingerprint density at radius 2 is 1.91 bits per heavy atom. The van der Waals surface area contributed by atoms with E-state index in [2.05, 4.69) is 5.10 Å². The molecule has 2 aromatic rings. The Morgan fingerprint density at radius 3 is 2.57 bits per heavy atom. The van der Waals surface area contributed by atoms with Gasteiger partial charge in [-0.2, -0.15) is 14.3 Å². The quantitative estimate of drug-likeness (QED) is 0.875. The van der Waals surface area contributed by atoms with Gasteiger partial charge in [0.05, 0.1) is 5.69 Å². The maximum atomic E-state index is 12.8. The molecule has 1 aromatic carbocycles. The van der Waals surface area contributed by atoms with E-state index < -0.39 is 5.69 Å². The van der Waals surface area contributed by atoms with Gasteiger partial charge in [-0.25, -0.2) is 9.59 Å². The second-order valence-corrected chi connectivity index (χ2v) is 5.89. The van der Waals surface area contributed by atoms with Gasteiger partial charge in [0.15, 0.2) is 0 Å². The van der Waals surface area contributed by atoms with Crippen molar-refractivity contribution < 1.29 is 4.79 Å². The molecule has 1 aromatic heterocycles. The lowest BCUT2D eigenvalue weighted by molar-refractivity contribution is 0.160. The summed E-state index contributed by atoms with van der Waals surface area (Å²) in [6.45, 7) is 2.56. The van der Waals surface area contributed by atoms with Crippen LogP contribution in [-0.4, -0.2) is 37.9 Å². The molecule has 1 heterocycles. The van der Waals surface area contributed by atoms with Gasteiger partial charge >= 0.3 is 11.7 Å². The zero-order valence-corrected chi connectivity index (χ0v) is 13.4. The minimum atomic E-state index is -0.421. The molecule has 0 radical (unpaired) electrons. The molecule has 1 fully saturated rings. The standard InChI is InChI=1S/C17H22N4O2/c1-2-19(14-9-5-3-6-10-14)16(22)20-13-18-21(17(20)23)15-11-7-4-8-12-15/h4,7-8,11-14H,2-3,5-6,9-10H2,1H3. The van der Waals surface area contributed by atoms with E-state index in [1.54, 1.807) is 17.0 Å². The molecular formula is C17H22N4O2. The molecule has 1 aliphatic carbocycles. The topological polar surface area (TPSA) is 60.1 Å². The predicted octanol–water partition coefficient (Wildman–Crippen LogP) is 2.66. The zero-order valence-electron chi connectivity index (χ0n) is 13.4. The van der Waals surface area contributed by atoms with Gasteiger partial charge in [-0.1, -0.05) is 37.5 Å². The third kappa shape index (κ3) is 3.06. The molecule has 6 heteroatoms. The Kier molecular flexibility index (Phi) is 4.60. The Hall–Kier alpha value is -2.37. The summed E-state index contributed by atoms with van der Waals surface area (Å²) in [5.41, 5.74) is 0.236. The van der Waals surface area contributed by atoms with Gasteiger partial charge in [0.25, 0.3) is 0 Å². The van der Waals surface area contributed by atoms with Gasteiger partial charge in [-0.3, -0.25) is 0 Å². The molecule has 0 aliphatic heterocycles. The first-order valence-corrected chi connectivity index (χ1v) is 8.25. The number of carbonyl (C=O) groups excluding carboxylic acids is 1. The molecular weight excluding hydrogens is 292 g/mol. The summed E-state index contributed by atoms with van der Waals surface area (Å²) < 4.78 is 2.37. The summed E-state index contributed by atoms with van der Waals surface area (Å²) in [7, 11) is 0. The molecule has 1 amide bonds. The smallest absolute Gasteiger partial charge is 0.321 e. The van der Waals surface area contributed by atoms with E-state index in [0.29, 0.717) is 12.2 Å². The van der Waals surface area contributed by atoms with Crippen LogP contribution < -0.4 is 5.69 Å². The average Bonchev–Trinajstić information content (AvgIpc) is 2.99. The van der Waals surface area contributed by atoms with Crippen molar-refractivity contribution in [2.45, 2.75) is 45.1 Å². The van der Waals surface area contributed by atoms with E-state index in [1.165, 1.54) is 17.4 Å². The normalized spacial score (nSPS) is 15.5. The van der Waals surface area contributed by atoms with Crippen LogP contribution in [0.5, 0.6) is 0 Å². The summed E-state index contributed by atoms with van der Waals surface area (Å²) in [6, 6.07) is 9.09. The Labute approximate surface area is 135 Å². The van der Waals surface area contributed by atoms with Gasteiger partial charge in [0, 0.05) is 12.6 Å². The molecule has 0 unspecified atom stereocenters. The highest BCUT2D eigenvalue weighted by Crippen LogP contribution is 2.22. The number of carbonyl (C=O) groups is 1. The van der Waals surface area contributed by atoms with Crippen LogP contribution in [-0.2, 0) is 0 Å². The number of para-hydroxylation sites is 1. The summed E-state index contributed by atoms with van der Waals surface area (Å²) in [6.07, 6.45) is 6.87. The molecule has 0 N–H and O–H groups in total. The second-order valence-electron chi connectivity index (χ2n) is 5.89. The fourth-order valence-electron chi connectivity index (χ4n) is 3.26. The Morgan fingerprint density at radius 1 is 1.22 bits per heavy atom. The predicted molar refractivity (Wildman–Crippen MR) is 87.9 cm³/mol. The third-order valence-electron chi connectivity index (χ3n) is 4.48. The van der Waals surface area contributed by atoms with Gasteiger partial charge < -0.3 is 4.90 Å². The number of benzene rings is 1. The fraction of sp³-hybridized carbons (Fsp3) is 0.471. The lowest BCUT2D eigenvalue weighted by Gasteiger charge is -2.33. The minimum Gasteiger partial charge on any atom is -0.321 e. The molecule has 1 aliphatic rings. The number of rotatable bonds is 3. The van der Waals surface area contributed by atoms with Crippen molar-refractivity contribution in [3.8, 4) is 5.69 Å². The lowest BCUT2D eigenvalue weighted by atomic mass is 9.94. The summed E-state index contributed by atoms with van der Waals surface area (Å²) in [5, 5.41) is 4.09. The van der Waals surface area contributed by atoms with Crippen molar-refractivity contribution in [3.05, 3.63) is 47.1 Å². The molecule has 0 bridgehead atoms. The molecule has 23 heavy (non-hydrogen) atoms. The third-order valence-corrected chi connectivity index (χ3v) is 4.48. The van der Waals surface area contributed by atoms with Gasteiger partial charge in [0.1, 0.15) is 6.33 Å². The minimum absolute atomic E-state index is 0.230. The van der Waals surface area contributed by atoms with Crippen LogP contribution in [0.25, 0.3) is 5.69 Å². The number of hydrogen-bond donors (Lipinski definition) is 0. The maximum absolute atomic E-state index is 12.8. The zero-order chi connectivity index (χ0) is 16.2. The van der Waals surface area contributed by atoms with Crippen LogP contribution in [0.1, 0.15) is 39.0 Å². The van der Waals surface area contributed by atoms with Crippen LogP contribution in [0, 0.1) is 0 Å². The summed E-state index contributed by atoms with van der Waals surface area (Å²) >= 11 is 0. The van der Waals surface area contributed by atoms with Crippen molar-refractivity contribution in [2.75, 3.05) is 6.54 Å². The fourth-order valence-corrected chi connectivity index (χ4v) is 3.26. The highest BCUT2D eigenvalue weighted by atomic mass is 16.2. The van der Waals surface area contributed by atoms with Crippen molar-refractivity contribution >= 4 is 6.03 Å². The summed E-state index contributed by atoms with van der Waals surface area (Å²) in [4.78, 5) is 27.1. The Balaban J connectivity index is 1.87. The molecule has 0 atom stereocenters. The first-order valence-electron chi connectivity index (χ1n) is 8.25. The Bertz CT molecular complexity index is 714. The van der Waals surface area contributed by atoms with Crippen LogP contribution in [0.3, 0.4) is 0 Å². The average molecular weight is 314 g/mol. The van der Waals surface area contributed by atoms with Gasteiger partial charge in [-0.05, 0) is 31.9 Å². The highest BCUT2D eigenvalue weighted by molar-refractivity contribution is 5.76. The monoisotopic (exact) mass is 314 g/mol. The van der Waals surface area contributed by atoms with Crippen molar-refractivity contribution in [2.24, 2.45) is 0 Å². The van der Waals surface area contributed by atoms with Crippen LogP contribution in [0.15, 0.2) is 41.5 Å². The maximum Gasteiger partial charge on any atom is 0.358 e. The van der Waals surface area contributed by atoms with E-state index in [4.69, 9.17) is 0 Å². The largest absolute Gasteiger partial charge is 0.358 e. The highest BCUT2D eigenvalue weighted by Gasteiger charge is 2.26. The number of amides is 1. The first kappa shape index (κ1) is 15.5. The van der Waals surface area contributed by atoms with E-state index >= 15 is 0 Å². The van der Waals surface area contributed by atoms with Crippen LogP contribution in [0.2, 0.25) is 0 Å². The van der Waals surface area contributed by atoms with E-state index in [9.17, 15) is 9.59 Å². The molecule has 1 saturated carbocycles. The number of hydrogen-bond acceptors (Lipinski definition) is 3. The second kappa shape index (κ2) is 6.81.